The zero-order valence-corrected chi connectivity index (χ0v) is 10.4. The van der Waals surface area contributed by atoms with Crippen LogP contribution in [-0.2, 0) is 16.8 Å². The maximum Gasteiger partial charge on any atom is 0.256 e. The molecule has 1 aliphatic rings. The summed E-state index contributed by atoms with van der Waals surface area (Å²) in [6.07, 6.45) is 4.41. The molecule has 1 aliphatic carbocycles. The Bertz CT molecular complexity index is 458. The van der Waals surface area contributed by atoms with Crippen LogP contribution >= 0.6 is 0 Å². The molecule has 0 radical (unpaired) electrons. The number of rotatable bonds is 4. The fourth-order valence-electron chi connectivity index (χ4n) is 2.26. The normalized spacial score (nSPS) is 17.8. The van der Waals surface area contributed by atoms with Crippen molar-refractivity contribution in [1.29, 1.82) is 0 Å². The Hall–Kier alpha value is -1.36. The van der Waals surface area contributed by atoms with E-state index in [1.54, 1.807) is 7.11 Å². The van der Waals surface area contributed by atoms with E-state index in [0.717, 1.165) is 25.7 Å². The number of nitrogens with two attached hydrogens (primary N) is 1. The molecule has 5 heteroatoms. The molecule has 2 rings (SSSR count). The van der Waals surface area contributed by atoms with Crippen molar-refractivity contribution in [2.24, 2.45) is 0 Å². The highest BCUT2D eigenvalue weighted by molar-refractivity contribution is 5.38. The molecule has 1 saturated carbocycles. The van der Waals surface area contributed by atoms with Crippen LogP contribution in [0.5, 0.6) is 0 Å². The molecule has 0 aromatic carbocycles. The minimum absolute atomic E-state index is 0.127. The largest absolute Gasteiger partial charge is 0.383 e. The lowest BCUT2D eigenvalue weighted by Gasteiger charge is -2.39. The highest BCUT2D eigenvalue weighted by Gasteiger charge is 2.41. The number of hydrogen-bond acceptors (Lipinski definition) is 4. The first-order valence-corrected chi connectivity index (χ1v) is 6.07. The van der Waals surface area contributed by atoms with Crippen molar-refractivity contribution >= 4 is 5.82 Å². The van der Waals surface area contributed by atoms with Gasteiger partial charge in [-0.3, -0.25) is 4.79 Å². The molecule has 1 heterocycles. The minimum Gasteiger partial charge on any atom is -0.383 e. The number of nitrogens with one attached hydrogen (secondary N) is 1. The molecule has 0 aliphatic heterocycles. The number of nitrogens with zero attached hydrogens (tertiary/aromatic N) is 1. The molecule has 0 unspecified atom stereocenters. The molecule has 1 fully saturated rings. The zero-order chi connectivity index (χ0) is 12.5. The summed E-state index contributed by atoms with van der Waals surface area (Å²) in [5, 5.41) is 0. The van der Waals surface area contributed by atoms with E-state index in [0.29, 0.717) is 23.6 Å². The van der Waals surface area contributed by atoms with E-state index in [-0.39, 0.29) is 5.56 Å². The van der Waals surface area contributed by atoms with Gasteiger partial charge >= 0.3 is 0 Å². The monoisotopic (exact) mass is 237 g/mol. The first-order valence-electron chi connectivity index (χ1n) is 6.07. The van der Waals surface area contributed by atoms with Gasteiger partial charge in [-0.2, -0.15) is 0 Å². The Kier molecular flexibility index (Phi) is 3.19. The van der Waals surface area contributed by atoms with E-state index in [1.165, 1.54) is 0 Å². The summed E-state index contributed by atoms with van der Waals surface area (Å²) >= 11 is 0. The Balaban J connectivity index is 2.41. The van der Waals surface area contributed by atoms with E-state index in [1.807, 2.05) is 6.92 Å². The smallest absolute Gasteiger partial charge is 0.256 e. The van der Waals surface area contributed by atoms with Gasteiger partial charge in [0.05, 0.1) is 5.56 Å². The third-order valence-corrected chi connectivity index (χ3v) is 3.53. The van der Waals surface area contributed by atoms with Crippen molar-refractivity contribution in [1.82, 2.24) is 9.97 Å². The number of anilines is 1. The van der Waals surface area contributed by atoms with Crippen molar-refractivity contribution in [3.63, 3.8) is 0 Å². The Morgan fingerprint density at radius 1 is 1.53 bits per heavy atom. The topological polar surface area (TPSA) is 81.0 Å². The fraction of sp³-hybridized carbons (Fsp3) is 0.667. The predicted molar refractivity (Wildman–Crippen MR) is 65.8 cm³/mol. The van der Waals surface area contributed by atoms with Crippen molar-refractivity contribution in [2.75, 3.05) is 12.8 Å². The van der Waals surface area contributed by atoms with Crippen molar-refractivity contribution < 1.29 is 4.74 Å². The van der Waals surface area contributed by atoms with E-state index < -0.39 is 5.60 Å². The van der Waals surface area contributed by atoms with Gasteiger partial charge in [0, 0.05) is 7.11 Å². The molecule has 0 amide bonds. The standard InChI is InChI=1S/C12H19N3O2/c1-3-5-8-9(13)14-11(15-10(8)16)12(17-2)6-4-7-12/h3-7H2,1-2H3,(H3,13,14,15,16). The molecule has 0 spiro atoms. The maximum absolute atomic E-state index is 11.9. The van der Waals surface area contributed by atoms with Crippen LogP contribution in [0.4, 0.5) is 5.82 Å². The van der Waals surface area contributed by atoms with Gasteiger partial charge in [-0.15, -0.1) is 0 Å². The van der Waals surface area contributed by atoms with Gasteiger partial charge in [-0.1, -0.05) is 13.3 Å². The average molecular weight is 237 g/mol. The summed E-state index contributed by atoms with van der Waals surface area (Å²) in [5.41, 5.74) is 5.89. The SMILES string of the molecule is CCCc1c(N)nc(C2(OC)CCC2)[nH]c1=O. The minimum atomic E-state index is -0.419. The van der Waals surface area contributed by atoms with Crippen LogP contribution < -0.4 is 11.3 Å². The number of aromatic nitrogens is 2. The number of ether oxygens (including phenoxy) is 1. The molecule has 0 bridgehead atoms. The van der Waals surface area contributed by atoms with Crippen molar-refractivity contribution in [3.05, 3.63) is 21.7 Å². The predicted octanol–water partition coefficient (Wildman–Crippen LogP) is 1.33. The lowest BCUT2D eigenvalue weighted by molar-refractivity contribution is -0.0847. The fourth-order valence-corrected chi connectivity index (χ4v) is 2.26. The van der Waals surface area contributed by atoms with E-state index in [9.17, 15) is 4.79 Å². The molecule has 0 saturated heterocycles. The number of aromatic amines is 1. The average Bonchev–Trinajstić information content (AvgIpc) is 2.23. The Morgan fingerprint density at radius 3 is 2.65 bits per heavy atom. The van der Waals surface area contributed by atoms with Crippen LogP contribution in [-0.4, -0.2) is 17.1 Å². The maximum atomic E-state index is 11.9. The molecule has 0 atom stereocenters. The van der Waals surface area contributed by atoms with E-state index in [4.69, 9.17) is 10.5 Å². The highest BCUT2D eigenvalue weighted by Crippen LogP contribution is 2.42. The second kappa shape index (κ2) is 4.49. The molecular weight excluding hydrogens is 218 g/mol. The lowest BCUT2D eigenvalue weighted by Crippen LogP contribution is -2.40. The number of H-pyrrole nitrogens is 1. The van der Waals surface area contributed by atoms with Gasteiger partial charge in [-0.05, 0) is 25.7 Å². The third kappa shape index (κ3) is 1.95. The number of hydrogen-bond donors (Lipinski definition) is 2. The molecular formula is C12H19N3O2. The van der Waals surface area contributed by atoms with E-state index >= 15 is 0 Å². The molecule has 17 heavy (non-hydrogen) atoms. The molecule has 94 valence electrons. The van der Waals surface area contributed by atoms with Crippen molar-refractivity contribution in [2.45, 2.75) is 44.6 Å². The molecule has 1 aromatic heterocycles. The Morgan fingerprint density at radius 2 is 2.24 bits per heavy atom. The van der Waals surface area contributed by atoms with Crippen LogP contribution in [0.15, 0.2) is 4.79 Å². The van der Waals surface area contributed by atoms with Crippen LogP contribution in [0.1, 0.15) is 44.0 Å². The molecule has 3 N–H and O–H groups in total. The highest BCUT2D eigenvalue weighted by atomic mass is 16.5. The van der Waals surface area contributed by atoms with Gasteiger partial charge in [0.15, 0.2) is 0 Å². The second-order valence-electron chi connectivity index (χ2n) is 4.58. The first kappa shape index (κ1) is 12.1. The van der Waals surface area contributed by atoms with Crippen LogP contribution in [0.3, 0.4) is 0 Å². The van der Waals surface area contributed by atoms with Gasteiger partial charge in [-0.25, -0.2) is 4.98 Å². The van der Waals surface area contributed by atoms with E-state index in [2.05, 4.69) is 9.97 Å². The third-order valence-electron chi connectivity index (χ3n) is 3.53. The van der Waals surface area contributed by atoms with Crippen LogP contribution in [0.2, 0.25) is 0 Å². The lowest BCUT2D eigenvalue weighted by atomic mass is 9.79. The first-order chi connectivity index (χ1) is 8.13. The molecule has 1 aromatic rings. The number of nitrogen functional groups attached to an aromatic ring is 1. The second-order valence-corrected chi connectivity index (χ2v) is 4.58. The van der Waals surface area contributed by atoms with Crippen LogP contribution in [0, 0.1) is 0 Å². The van der Waals surface area contributed by atoms with Gasteiger partial charge < -0.3 is 15.5 Å². The molecule has 5 nitrogen and oxygen atoms in total. The summed E-state index contributed by atoms with van der Waals surface area (Å²) in [4.78, 5) is 19.1. The van der Waals surface area contributed by atoms with Gasteiger partial charge in [0.25, 0.3) is 5.56 Å². The van der Waals surface area contributed by atoms with Crippen LogP contribution in [0.25, 0.3) is 0 Å². The summed E-state index contributed by atoms with van der Waals surface area (Å²) < 4.78 is 5.48. The van der Waals surface area contributed by atoms with Gasteiger partial charge in [0.1, 0.15) is 17.2 Å². The summed E-state index contributed by atoms with van der Waals surface area (Å²) in [6, 6.07) is 0. The number of methoxy groups -OCH3 is 1. The quantitative estimate of drug-likeness (QED) is 0.827. The Labute approximate surface area is 100 Å². The summed E-state index contributed by atoms with van der Waals surface area (Å²) in [5.74, 6) is 0.919. The zero-order valence-electron chi connectivity index (χ0n) is 10.4. The van der Waals surface area contributed by atoms with Crippen molar-refractivity contribution in [3.8, 4) is 0 Å². The summed E-state index contributed by atoms with van der Waals surface area (Å²) in [7, 11) is 1.65. The van der Waals surface area contributed by atoms with Gasteiger partial charge in [0.2, 0.25) is 0 Å². The summed E-state index contributed by atoms with van der Waals surface area (Å²) in [6.45, 7) is 2.01.